The molecule has 0 atom stereocenters. The Morgan fingerprint density at radius 3 is 2.63 bits per heavy atom. The second-order valence-electron chi connectivity index (χ2n) is 4.46. The van der Waals surface area contributed by atoms with Crippen molar-refractivity contribution in [3.05, 3.63) is 29.6 Å². The van der Waals surface area contributed by atoms with Crippen LogP contribution in [-0.2, 0) is 6.18 Å². The zero-order valence-corrected chi connectivity index (χ0v) is 10.2. The molecule has 0 saturated heterocycles. The number of hydrogen-bond acceptors (Lipinski definition) is 2. The molecule has 0 aliphatic carbocycles. The molecule has 0 unspecified atom stereocenters. The van der Waals surface area contributed by atoms with E-state index in [1.165, 1.54) is 6.07 Å². The van der Waals surface area contributed by atoms with Crippen molar-refractivity contribution >= 4 is 11.5 Å². The second-order valence-corrected chi connectivity index (χ2v) is 4.46. The molecule has 1 aliphatic heterocycles. The second kappa shape index (κ2) is 5.59. The van der Waals surface area contributed by atoms with Gasteiger partial charge in [0.15, 0.2) is 0 Å². The summed E-state index contributed by atoms with van der Waals surface area (Å²) in [7, 11) is 0. The highest BCUT2D eigenvalue weighted by Gasteiger charge is 2.34. The summed E-state index contributed by atoms with van der Waals surface area (Å²) in [5, 5.41) is 2.84. The van der Waals surface area contributed by atoms with E-state index in [4.69, 9.17) is 0 Å². The van der Waals surface area contributed by atoms with Crippen LogP contribution in [0.15, 0.2) is 23.2 Å². The van der Waals surface area contributed by atoms with Crippen LogP contribution in [0.4, 0.5) is 23.2 Å². The summed E-state index contributed by atoms with van der Waals surface area (Å²) < 4.78 is 50.9. The van der Waals surface area contributed by atoms with Crippen molar-refractivity contribution < 1.29 is 17.6 Å². The zero-order chi connectivity index (χ0) is 13.9. The Morgan fingerprint density at radius 1 is 1.11 bits per heavy atom. The van der Waals surface area contributed by atoms with Gasteiger partial charge in [0.2, 0.25) is 0 Å². The van der Waals surface area contributed by atoms with Crippen molar-refractivity contribution in [2.24, 2.45) is 4.99 Å². The van der Waals surface area contributed by atoms with E-state index in [1.54, 1.807) is 0 Å². The van der Waals surface area contributed by atoms with Crippen molar-refractivity contribution in [3.63, 3.8) is 0 Å². The average molecular weight is 274 g/mol. The summed E-state index contributed by atoms with van der Waals surface area (Å²) in [6, 6.07) is 2.89. The van der Waals surface area contributed by atoms with Gasteiger partial charge in [-0.25, -0.2) is 4.39 Å². The molecule has 1 aromatic rings. The van der Waals surface area contributed by atoms with E-state index >= 15 is 0 Å². The molecule has 1 aromatic carbocycles. The SMILES string of the molecule is Fc1ccc(NC2=NCCCCC2)cc1C(F)(F)F. The number of aliphatic imine (C=N–C) groups is 1. The summed E-state index contributed by atoms with van der Waals surface area (Å²) in [6.07, 6.45) is -0.973. The fourth-order valence-electron chi connectivity index (χ4n) is 1.96. The molecule has 0 aromatic heterocycles. The number of anilines is 1. The normalized spacial score (nSPS) is 16.7. The zero-order valence-electron chi connectivity index (χ0n) is 10.2. The summed E-state index contributed by atoms with van der Waals surface area (Å²) >= 11 is 0. The van der Waals surface area contributed by atoms with Crippen LogP contribution in [0.5, 0.6) is 0 Å². The van der Waals surface area contributed by atoms with Gasteiger partial charge in [-0.2, -0.15) is 13.2 Å². The van der Waals surface area contributed by atoms with E-state index < -0.39 is 17.6 Å². The quantitative estimate of drug-likeness (QED) is 0.761. The highest BCUT2D eigenvalue weighted by atomic mass is 19.4. The fraction of sp³-hybridized carbons (Fsp3) is 0.462. The van der Waals surface area contributed by atoms with Gasteiger partial charge >= 0.3 is 6.18 Å². The number of benzene rings is 1. The molecular weight excluding hydrogens is 260 g/mol. The minimum absolute atomic E-state index is 0.217. The molecule has 1 N–H and O–H groups in total. The molecule has 0 fully saturated rings. The third kappa shape index (κ3) is 3.68. The van der Waals surface area contributed by atoms with Crippen LogP contribution in [-0.4, -0.2) is 12.4 Å². The van der Waals surface area contributed by atoms with E-state index in [0.717, 1.165) is 31.4 Å². The fourth-order valence-corrected chi connectivity index (χ4v) is 1.96. The van der Waals surface area contributed by atoms with Gasteiger partial charge in [0.25, 0.3) is 0 Å². The van der Waals surface area contributed by atoms with Crippen molar-refractivity contribution in [2.45, 2.75) is 31.9 Å². The van der Waals surface area contributed by atoms with E-state index in [1.807, 2.05) is 0 Å². The van der Waals surface area contributed by atoms with Crippen LogP contribution in [0.1, 0.15) is 31.2 Å². The van der Waals surface area contributed by atoms with Gasteiger partial charge in [0.1, 0.15) is 11.7 Å². The van der Waals surface area contributed by atoms with Gasteiger partial charge in [-0.05, 0) is 31.0 Å². The number of alkyl halides is 3. The molecule has 1 heterocycles. The Morgan fingerprint density at radius 2 is 1.89 bits per heavy atom. The van der Waals surface area contributed by atoms with Crippen molar-refractivity contribution in [1.82, 2.24) is 0 Å². The number of halogens is 4. The topological polar surface area (TPSA) is 24.4 Å². The molecule has 2 nitrogen and oxygen atoms in total. The third-order valence-electron chi connectivity index (χ3n) is 2.93. The lowest BCUT2D eigenvalue weighted by Gasteiger charge is -2.12. The maximum Gasteiger partial charge on any atom is 0.419 e. The first-order chi connectivity index (χ1) is 8.97. The average Bonchev–Trinajstić information content (AvgIpc) is 2.59. The van der Waals surface area contributed by atoms with Crippen molar-refractivity contribution in [3.8, 4) is 0 Å². The summed E-state index contributed by atoms with van der Waals surface area (Å²) in [6.45, 7) is 0.676. The van der Waals surface area contributed by atoms with Crippen LogP contribution < -0.4 is 5.32 Å². The molecular formula is C13H14F4N2. The van der Waals surface area contributed by atoms with Crippen LogP contribution in [0.2, 0.25) is 0 Å². The number of nitrogens with one attached hydrogen (secondary N) is 1. The third-order valence-corrected chi connectivity index (χ3v) is 2.93. The van der Waals surface area contributed by atoms with Crippen LogP contribution >= 0.6 is 0 Å². The first-order valence-corrected chi connectivity index (χ1v) is 6.14. The molecule has 0 spiro atoms. The molecule has 0 saturated carbocycles. The molecule has 0 bridgehead atoms. The van der Waals surface area contributed by atoms with Gasteiger partial charge in [0.05, 0.1) is 5.56 Å². The predicted molar refractivity (Wildman–Crippen MR) is 65.8 cm³/mol. The maximum atomic E-state index is 13.1. The Labute approximate surface area is 108 Å². The molecule has 104 valence electrons. The van der Waals surface area contributed by atoms with E-state index in [-0.39, 0.29) is 5.69 Å². The Bertz CT molecular complexity index is 480. The standard InChI is InChI=1S/C13H14F4N2/c14-11-6-5-9(8-10(11)13(15,16)17)19-12-4-2-1-3-7-18-12/h5-6,8H,1-4,7H2,(H,18,19). The minimum Gasteiger partial charge on any atom is -0.344 e. The minimum atomic E-state index is -4.69. The smallest absolute Gasteiger partial charge is 0.344 e. The molecule has 19 heavy (non-hydrogen) atoms. The monoisotopic (exact) mass is 274 g/mol. The predicted octanol–water partition coefficient (Wildman–Crippen LogP) is 4.23. The van der Waals surface area contributed by atoms with Gasteiger partial charge < -0.3 is 5.32 Å². The van der Waals surface area contributed by atoms with Crippen LogP contribution in [0.25, 0.3) is 0 Å². The Hall–Kier alpha value is -1.59. The van der Waals surface area contributed by atoms with Gasteiger partial charge in [-0.3, -0.25) is 4.99 Å². The van der Waals surface area contributed by atoms with Crippen LogP contribution in [0, 0.1) is 5.82 Å². The summed E-state index contributed by atoms with van der Waals surface area (Å²) in [4.78, 5) is 4.26. The summed E-state index contributed by atoms with van der Waals surface area (Å²) in [5.74, 6) is -0.599. The number of rotatable bonds is 1. The van der Waals surface area contributed by atoms with Gasteiger partial charge in [0, 0.05) is 18.7 Å². The molecule has 0 radical (unpaired) electrons. The first kappa shape index (κ1) is 13.8. The Balaban J connectivity index is 2.19. The van der Waals surface area contributed by atoms with E-state index in [0.29, 0.717) is 18.8 Å². The van der Waals surface area contributed by atoms with Gasteiger partial charge in [-0.15, -0.1) is 0 Å². The molecule has 0 amide bonds. The number of nitrogens with zero attached hydrogens (tertiary/aromatic N) is 1. The first-order valence-electron chi connectivity index (χ1n) is 6.14. The highest BCUT2D eigenvalue weighted by Crippen LogP contribution is 2.33. The summed E-state index contributed by atoms with van der Waals surface area (Å²) in [5.41, 5.74) is -1.04. The van der Waals surface area contributed by atoms with Crippen LogP contribution in [0.3, 0.4) is 0 Å². The lowest BCUT2D eigenvalue weighted by atomic mass is 10.1. The lowest BCUT2D eigenvalue weighted by Crippen LogP contribution is -2.14. The van der Waals surface area contributed by atoms with E-state index in [2.05, 4.69) is 10.3 Å². The van der Waals surface area contributed by atoms with Gasteiger partial charge in [-0.1, -0.05) is 6.42 Å². The maximum absolute atomic E-state index is 13.1. The molecule has 2 rings (SSSR count). The lowest BCUT2D eigenvalue weighted by molar-refractivity contribution is -0.139. The molecule has 6 heteroatoms. The Kier molecular flexibility index (Phi) is 4.07. The van der Waals surface area contributed by atoms with E-state index in [9.17, 15) is 17.6 Å². The highest BCUT2D eigenvalue weighted by molar-refractivity contribution is 5.95. The number of amidine groups is 1. The largest absolute Gasteiger partial charge is 0.419 e. The van der Waals surface area contributed by atoms with Crippen molar-refractivity contribution in [2.75, 3.05) is 11.9 Å². The number of hydrogen-bond donors (Lipinski definition) is 1. The van der Waals surface area contributed by atoms with Crippen molar-refractivity contribution in [1.29, 1.82) is 0 Å². The molecule has 1 aliphatic rings.